The number of carbonyl (C=O) groups excluding carboxylic acids is 3. The highest BCUT2D eigenvalue weighted by molar-refractivity contribution is 9.10. The summed E-state index contributed by atoms with van der Waals surface area (Å²) in [6.45, 7) is 3.68. The molecule has 0 spiro atoms. The standard InChI is InChI=1S/C20H23BrN4O3/c1-12-10-15(21)6-9-17(12)24-18(26)11-25(3)13(2)20(28)23-16-7-4-14(5-8-16)19(22)27/h4-10,13H,11H2,1-3H3,(H2,22,27)(H,23,28)(H,24,26). The van der Waals surface area contributed by atoms with Gasteiger partial charge >= 0.3 is 0 Å². The highest BCUT2D eigenvalue weighted by Gasteiger charge is 2.20. The van der Waals surface area contributed by atoms with Crippen LogP contribution in [-0.2, 0) is 9.59 Å². The molecule has 148 valence electrons. The summed E-state index contributed by atoms with van der Waals surface area (Å²) in [6.07, 6.45) is 0. The molecule has 0 heterocycles. The molecule has 3 amide bonds. The second-order valence-corrected chi connectivity index (χ2v) is 7.45. The highest BCUT2D eigenvalue weighted by Crippen LogP contribution is 2.20. The summed E-state index contributed by atoms with van der Waals surface area (Å²) < 4.78 is 0.939. The molecule has 0 aliphatic heterocycles. The first kappa shape index (κ1) is 21.6. The number of rotatable bonds is 7. The summed E-state index contributed by atoms with van der Waals surface area (Å²) >= 11 is 3.39. The van der Waals surface area contributed by atoms with E-state index in [1.54, 1.807) is 43.1 Å². The van der Waals surface area contributed by atoms with Gasteiger partial charge in [-0.2, -0.15) is 0 Å². The lowest BCUT2D eigenvalue weighted by Gasteiger charge is -2.23. The lowest BCUT2D eigenvalue weighted by atomic mass is 10.2. The molecule has 2 aromatic carbocycles. The van der Waals surface area contributed by atoms with E-state index in [-0.39, 0.29) is 18.4 Å². The maximum atomic E-state index is 12.4. The predicted molar refractivity (Wildman–Crippen MR) is 113 cm³/mol. The number of likely N-dealkylation sites (N-methyl/N-ethyl adjacent to an activating group) is 1. The molecule has 0 saturated heterocycles. The van der Waals surface area contributed by atoms with E-state index in [2.05, 4.69) is 26.6 Å². The van der Waals surface area contributed by atoms with Gasteiger partial charge in [-0.1, -0.05) is 15.9 Å². The van der Waals surface area contributed by atoms with Crippen molar-refractivity contribution in [2.75, 3.05) is 24.2 Å². The Labute approximate surface area is 172 Å². The zero-order valence-electron chi connectivity index (χ0n) is 16.0. The van der Waals surface area contributed by atoms with Crippen LogP contribution in [0.1, 0.15) is 22.8 Å². The van der Waals surface area contributed by atoms with Gasteiger partial charge in [-0.3, -0.25) is 19.3 Å². The van der Waals surface area contributed by atoms with Crippen molar-refractivity contribution in [3.63, 3.8) is 0 Å². The highest BCUT2D eigenvalue weighted by atomic mass is 79.9. The van der Waals surface area contributed by atoms with Crippen LogP contribution in [0.25, 0.3) is 0 Å². The van der Waals surface area contributed by atoms with Crippen LogP contribution >= 0.6 is 15.9 Å². The number of hydrogen-bond donors (Lipinski definition) is 3. The number of anilines is 2. The average Bonchev–Trinajstić information content (AvgIpc) is 2.63. The van der Waals surface area contributed by atoms with Gasteiger partial charge in [-0.25, -0.2) is 0 Å². The molecule has 0 aromatic heterocycles. The van der Waals surface area contributed by atoms with Crippen molar-refractivity contribution in [1.82, 2.24) is 4.90 Å². The fraction of sp³-hybridized carbons (Fsp3) is 0.250. The molecule has 2 aromatic rings. The van der Waals surface area contributed by atoms with Crippen molar-refractivity contribution < 1.29 is 14.4 Å². The van der Waals surface area contributed by atoms with Crippen molar-refractivity contribution >= 4 is 45.0 Å². The van der Waals surface area contributed by atoms with Crippen molar-refractivity contribution in [3.05, 3.63) is 58.1 Å². The Balaban J connectivity index is 1.91. The largest absolute Gasteiger partial charge is 0.366 e. The van der Waals surface area contributed by atoms with Crippen molar-refractivity contribution in [2.45, 2.75) is 19.9 Å². The average molecular weight is 447 g/mol. The summed E-state index contributed by atoms with van der Waals surface area (Å²) in [7, 11) is 1.70. The van der Waals surface area contributed by atoms with Crippen LogP contribution in [0.4, 0.5) is 11.4 Å². The SMILES string of the molecule is Cc1cc(Br)ccc1NC(=O)CN(C)C(C)C(=O)Nc1ccc(C(N)=O)cc1. The molecule has 1 unspecified atom stereocenters. The molecular formula is C20H23BrN4O3. The van der Waals surface area contributed by atoms with E-state index in [4.69, 9.17) is 5.73 Å². The number of nitrogens with one attached hydrogen (secondary N) is 2. The van der Waals surface area contributed by atoms with E-state index in [0.717, 1.165) is 15.7 Å². The number of halogens is 1. The van der Waals surface area contributed by atoms with Gasteiger partial charge < -0.3 is 16.4 Å². The summed E-state index contributed by atoms with van der Waals surface area (Å²) in [5.74, 6) is -1.00. The number of nitrogens with zero attached hydrogens (tertiary/aromatic N) is 1. The van der Waals surface area contributed by atoms with Crippen LogP contribution in [0.3, 0.4) is 0 Å². The number of nitrogens with two attached hydrogens (primary N) is 1. The Morgan fingerprint density at radius 2 is 1.75 bits per heavy atom. The van der Waals surface area contributed by atoms with Gasteiger partial charge in [0.25, 0.3) is 0 Å². The molecule has 4 N–H and O–H groups in total. The van der Waals surface area contributed by atoms with Gasteiger partial charge in [0.1, 0.15) is 0 Å². The number of benzene rings is 2. The minimum absolute atomic E-state index is 0.0602. The van der Waals surface area contributed by atoms with Crippen LogP contribution in [0.5, 0.6) is 0 Å². The molecule has 8 heteroatoms. The van der Waals surface area contributed by atoms with Crippen LogP contribution in [0.15, 0.2) is 46.9 Å². The van der Waals surface area contributed by atoms with Crippen LogP contribution in [0.2, 0.25) is 0 Å². The monoisotopic (exact) mass is 446 g/mol. The first-order valence-electron chi connectivity index (χ1n) is 8.64. The minimum atomic E-state index is -0.535. The minimum Gasteiger partial charge on any atom is -0.366 e. The summed E-state index contributed by atoms with van der Waals surface area (Å²) in [5.41, 5.74) is 7.78. The Kier molecular flexibility index (Phi) is 7.31. The molecule has 0 saturated carbocycles. The maximum absolute atomic E-state index is 12.4. The zero-order chi connectivity index (χ0) is 20.8. The maximum Gasteiger partial charge on any atom is 0.248 e. The lowest BCUT2D eigenvalue weighted by molar-refractivity contribution is -0.122. The number of carbonyl (C=O) groups is 3. The molecule has 0 radical (unpaired) electrons. The molecular weight excluding hydrogens is 424 g/mol. The van der Waals surface area contributed by atoms with E-state index in [1.807, 2.05) is 25.1 Å². The summed E-state index contributed by atoms with van der Waals surface area (Å²) in [5, 5.41) is 5.61. The molecule has 1 atom stereocenters. The van der Waals surface area contributed by atoms with Gasteiger partial charge in [0.15, 0.2) is 0 Å². The van der Waals surface area contributed by atoms with E-state index in [0.29, 0.717) is 11.3 Å². The van der Waals surface area contributed by atoms with Gasteiger partial charge in [0.2, 0.25) is 17.7 Å². The second-order valence-electron chi connectivity index (χ2n) is 6.53. The Hall–Kier alpha value is -2.71. The Bertz CT molecular complexity index is 884. The third-order valence-electron chi connectivity index (χ3n) is 4.33. The normalized spacial score (nSPS) is 11.8. The number of hydrogen-bond acceptors (Lipinski definition) is 4. The van der Waals surface area contributed by atoms with Crippen LogP contribution < -0.4 is 16.4 Å². The van der Waals surface area contributed by atoms with E-state index >= 15 is 0 Å². The third-order valence-corrected chi connectivity index (χ3v) is 4.83. The summed E-state index contributed by atoms with van der Waals surface area (Å²) in [4.78, 5) is 37.5. The number of amides is 3. The third kappa shape index (κ3) is 5.90. The first-order chi connectivity index (χ1) is 13.2. The van der Waals surface area contributed by atoms with Crippen molar-refractivity contribution in [3.8, 4) is 0 Å². The fourth-order valence-electron chi connectivity index (χ4n) is 2.49. The number of aryl methyl sites for hydroxylation is 1. The molecule has 0 aliphatic carbocycles. The lowest BCUT2D eigenvalue weighted by Crippen LogP contribution is -2.43. The van der Waals surface area contributed by atoms with Crippen molar-refractivity contribution in [1.29, 1.82) is 0 Å². The molecule has 0 aliphatic rings. The molecule has 0 fully saturated rings. The smallest absolute Gasteiger partial charge is 0.248 e. The van der Waals surface area contributed by atoms with Gasteiger partial charge in [0.05, 0.1) is 12.6 Å². The topological polar surface area (TPSA) is 105 Å². The van der Waals surface area contributed by atoms with E-state index < -0.39 is 11.9 Å². The molecule has 28 heavy (non-hydrogen) atoms. The quantitative estimate of drug-likeness (QED) is 0.607. The molecule has 2 rings (SSSR count). The van der Waals surface area contributed by atoms with Gasteiger partial charge in [0, 0.05) is 21.4 Å². The van der Waals surface area contributed by atoms with Crippen LogP contribution in [-0.4, -0.2) is 42.3 Å². The van der Waals surface area contributed by atoms with Crippen molar-refractivity contribution in [2.24, 2.45) is 5.73 Å². The Morgan fingerprint density at radius 1 is 1.11 bits per heavy atom. The van der Waals surface area contributed by atoms with Gasteiger partial charge in [-0.05, 0) is 68.9 Å². The van der Waals surface area contributed by atoms with E-state index in [1.165, 1.54) is 0 Å². The second kappa shape index (κ2) is 9.48. The fourth-order valence-corrected chi connectivity index (χ4v) is 2.96. The first-order valence-corrected chi connectivity index (χ1v) is 9.43. The van der Waals surface area contributed by atoms with Crippen LogP contribution in [0, 0.1) is 6.92 Å². The Morgan fingerprint density at radius 3 is 2.32 bits per heavy atom. The zero-order valence-corrected chi connectivity index (χ0v) is 17.5. The molecule has 0 bridgehead atoms. The number of primary amides is 1. The molecule has 7 nitrogen and oxygen atoms in total. The predicted octanol–water partition coefficient (Wildman–Crippen LogP) is 2.75. The van der Waals surface area contributed by atoms with Gasteiger partial charge in [-0.15, -0.1) is 0 Å². The summed E-state index contributed by atoms with van der Waals surface area (Å²) in [6, 6.07) is 11.4. The van der Waals surface area contributed by atoms with E-state index in [9.17, 15) is 14.4 Å².